The molecule has 1 aromatic carbocycles. The van der Waals surface area contributed by atoms with Crippen LogP contribution in [0.2, 0.25) is 0 Å². The topological polar surface area (TPSA) is 72.6 Å². The van der Waals surface area contributed by atoms with Crippen molar-refractivity contribution in [2.24, 2.45) is 0 Å². The number of hydrogen-bond donors (Lipinski definition) is 1. The predicted octanol–water partition coefficient (Wildman–Crippen LogP) is 1.98. The van der Waals surface area contributed by atoms with E-state index in [0.29, 0.717) is 17.7 Å². The smallest absolute Gasteiger partial charge is 0.346 e. The first-order chi connectivity index (χ1) is 8.65. The molecule has 2 rings (SSSR count). The number of methoxy groups -OCH3 is 1. The van der Waals surface area contributed by atoms with Gasteiger partial charge in [0.05, 0.1) is 12.7 Å². The minimum Gasteiger partial charge on any atom is -0.497 e. The fourth-order valence-corrected chi connectivity index (χ4v) is 1.59. The largest absolute Gasteiger partial charge is 0.497 e. The van der Waals surface area contributed by atoms with Gasteiger partial charge in [-0.25, -0.2) is 4.79 Å². The first-order valence-electron chi connectivity index (χ1n) is 5.53. The van der Waals surface area contributed by atoms with Crippen molar-refractivity contribution >= 4 is 0 Å². The van der Waals surface area contributed by atoms with Crippen molar-refractivity contribution in [2.45, 2.75) is 13.3 Å². The van der Waals surface area contributed by atoms with Gasteiger partial charge in [0.25, 0.3) is 0 Å². The van der Waals surface area contributed by atoms with Gasteiger partial charge in [0.15, 0.2) is 0 Å². The van der Waals surface area contributed by atoms with E-state index in [4.69, 9.17) is 9.15 Å². The Kier molecular flexibility index (Phi) is 3.32. The first kappa shape index (κ1) is 12.2. The summed E-state index contributed by atoms with van der Waals surface area (Å²) < 4.78 is 10.1. The summed E-state index contributed by atoms with van der Waals surface area (Å²) in [6.07, 6.45) is 0.379. The van der Waals surface area contributed by atoms with Gasteiger partial charge in [-0.2, -0.15) is 4.98 Å². The van der Waals surface area contributed by atoms with Gasteiger partial charge in [-0.15, -0.1) is 0 Å². The van der Waals surface area contributed by atoms with E-state index in [-0.39, 0.29) is 17.3 Å². The van der Waals surface area contributed by atoms with Gasteiger partial charge >= 0.3 is 5.63 Å². The third-order valence-corrected chi connectivity index (χ3v) is 2.60. The Morgan fingerprint density at radius 1 is 1.33 bits per heavy atom. The molecule has 0 aliphatic carbocycles. The molecule has 0 fully saturated rings. The summed E-state index contributed by atoms with van der Waals surface area (Å²) in [5.41, 5.74) is 0.230. The highest BCUT2D eigenvalue weighted by molar-refractivity contribution is 5.55. The molecular formula is C13H13NO4. The normalized spacial score (nSPS) is 10.3. The van der Waals surface area contributed by atoms with Crippen LogP contribution < -0.4 is 10.4 Å². The molecule has 0 saturated heterocycles. The Morgan fingerprint density at radius 3 is 2.50 bits per heavy atom. The van der Waals surface area contributed by atoms with Crippen LogP contribution in [-0.4, -0.2) is 17.2 Å². The summed E-state index contributed by atoms with van der Waals surface area (Å²) in [4.78, 5) is 15.5. The maximum Gasteiger partial charge on any atom is 0.346 e. The molecule has 1 N–H and O–H groups in total. The summed E-state index contributed by atoms with van der Waals surface area (Å²) in [6.45, 7) is 1.75. The van der Waals surface area contributed by atoms with Crippen LogP contribution in [0.5, 0.6) is 11.6 Å². The van der Waals surface area contributed by atoms with Gasteiger partial charge in [-0.05, 0) is 30.7 Å². The summed E-state index contributed by atoms with van der Waals surface area (Å²) in [5, 5.41) is 9.64. The van der Waals surface area contributed by atoms with E-state index < -0.39 is 5.63 Å². The van der Waals surface area contributed by atoms with Gasteiger partial charge in [0.2, 0.25) is 11.8 Å². The zero-order valence-corrected chi connectivity index (χ0v) is 10.1. The third-order valence-electron chi connectivity index (χ3n) is 2.60. The fourth-order valence-electron chi connectivity index (χ4n) is 1.59. The Balaban J connectivity index is 2.47. The first-order valence-corrected chi connectivity index (χ1v) is 5.53. The fraction of sp³-hybridized carbons (Fsp3) is 0.231. The van der Waals surface area contributed by atoms with Crippen molar-refractivity contribution in [3.8, 4) is 23.1 Å². The molecular weight excluding hydrogens is 234 g/mol. The van der Waals surface area contributed by atoms with E-state index in [1.807, 2.05) is 0 Å². The standard InChI is InChI=1S/C13H13NO4/c1-3-10-11(15)14-12(18-13(10)16)8-4-6-9(17-2)7-5-8/h4-7,15H,3H2,1-2H3. The van der Waals surface area contributed by atoms with E-state index in [0.717, 1.165) is 0 Å². The van der Waals surface area contributed by atoms with Crippen LogP contribution in [0.15, 0.2) is 33.5 Å². The molecule has 0 aliphatic heterocycles. The zero-order valence-electron chi connectivity index (χ0n) is 10.1. The van der Waals surface area contributed by atoms with Crippen molar-refractivity contribution in [3.05, 3.63) is 40.2 Å². The Hall–Kier alpha value is -2.30. The van der Waals surface area contributed by atoms with Gasteiger partial charge in [0, 0.05) is 5.56 Å². The molecule has 0 spiro atoms. The van der Waals surface area contributed by atoms with E-state index in [2.05, 4.69) is 4.98 Å². The minimum absolute atomic E-state index is 0.0948. The molecule has 0 bridgehead atoms. The van der Waals surface area contributed by atoms with Crippen LogP contribution in [0.4, 0.5) is 0 Å². The highest BCUT2D eigenvalue weighted by Crippen LogP contribution is 2.22. The van der Waals surface area contributed by atoms with Crippen LogP contribution in [-0.2, 0) is 6.42 Å². The number of aromatic hydroxyl groups is 1. The second-order valence-corrected chi connectivity index (χ2v) is 3.69. The molecule has 1 heterocycles. The molecule has 5 heteroatoms. The van der Waals surface area contributed by atoms with Crippen molar-refractivity contribution in [2.75, 3.05) is 7.11 Å². The minimum atomic E-state index is -0.559. The SMILES string of the molecule is CCc1c(O)nc(-c2ccc(OC)cc2)oc1=O. The monoisotopic (exact) mass is 247 g/mol. The highest BCUT2D eigenvalue weighted by atomic mass is 16.5. The van der Waals surface area contributed by atoms with Crippen molar-refractivity contribution in [1.82, 2.24) is 4.98 Å². The van der Waals surface area contributed by atoms with E-state index in [1.165, 1.54) is 0 Å². The second kappa shape index (κ2) is 4.91. The average molecular weight is 247 g/mol. The summed E-state index contributed by atoms with van der Waals surface area (Å²) in [6, 6.07) is 6.86. The molecule has 2 aromatic rings. The lowest BCUT2D eigenvalue weighted by Crippen LogP contribution is -2.08. The number of aromatic nitrogens is 1. The lowest BCUT2D eigenvalue weighted by molar-refractivity contribution is 0.410. The third kappa shape index (κ3) is 2.20. The molecule has 0 unspecified atom stereocenters. The molecule has 18 heavy (non-hydrogen) atoms. The number of rotatable bonds is 3. The Labute approximate surface area is 104 Å². The number of ether oxygens (including phenoxy) is 1. The van der Waals surface area contributed by atoms with Crippen LogP contribution in [0.1, 0.15) is 12.5 Å². The van der Waals surface area contributed by atoms with Crippen molar-refractivity contribution in [1.29, 1.82) is 0 Å². The highest BCUT2D eigenvalue weighted by Gasteiger charge is 2.12. The zero-order chi connectivity index (χ0) is 13.1. The molecule has 0 saturated carbocycles. The summed E-state index contributed by atoms with van der Waals surface area (Å²) in [5.74, 6) is 0.507. The van der Waals surface area contributed by atoms with Crippen LogP contribution >= 0.6 is 0 Å². The number of benzene rings is 1. The lowest BCUT2D eigenvalue weighted by atomic mass is 10.2. The van der Waals surface area contributed by atoms with Crippen molar-refractivity contribution < 1.29 is 14.3 Å². The molecule has 0 radical (unpaired) electrons. The maximum atomic E-state index is 11.6. The van der Waals surface area contributed by atoms with Gasteiger partial charge < -0.3 is 14.3 Å². The Bertz CT molecular complexity index is 601. The van der Waals surface area contributed by atoms with Gasteiger partial charge in [-0.3, -0.25) is 0 Å². The molecule has 0 atom stereocenters. The molecule has 0 amide bonds. The van der Waals surface area contributed by atoms with Crippen LogP contribution in [0, 0.1) is 0 Å². The second-order valence-electron chi connectivity index (χ2n) is 3.69. The van der Waals surface area contributed by atoms with Gasteiger partial charge in [-0.1, -0.05) is 6.92 Å². The molecule has 94 valence electrons. The molecule has 0 aliphatic rings. The number of hydrogen-bond acceptors (Lipinski definition) is 5. The maximum absolute atomic E-state index is 11.6. The van der Waals surface area contributed by atoms with E-state index >= 15 is 0 Å². The van der Waals surface area contributed by atoms with Crippen LogP contribution in [0.25, 0.3) is 11.5 Å². The van der Waals surface area contributed by atoms with Gasteiger partial charge in [0.1, 0.15) is 5.75 Å². The lowest BCUT2D eigenvalue weighted by Gasteiger charge is -2.04. The summed E-state index contributed by atoms with van der Waals surface area (Å²) in [7, 11) is 1.56. The Morgan fingerprint density at radius 2 is 2.00 bits per heavy atom. The molecule has 5 nitrogen and oxygen atoms in total. The summed E-state index contributed by atoms with van der Waals surface area (Å²) >= 11 is 0. The van der Waals surface area contributed by atoms with Crippen molar-refractivity contribution in [3.63, 3.8) is 0 Å². The predicted molar refractivity (Wildman–Crippen MR) is 65.8 cm³/mol. The van der Waals surface area contributed by atoms with E-state index in [9.17, 15) is 9.90 Å². The quantitative estimate of drug-likeness (QED) is 0.897. The number of nitrogens with zero attached hydrogens (tertiary/aromatic N) is 1. The van der Waals surface area contributed by atoms with E-state index in [1.54, 1.807) is 38.3 Å². The average Bonchev–Trinajstić information content (AvgIpc) is 2.38. The van der Waals surface area contributed by atoms with Crippen LogP contribution in [0.3, 0.4) is 0 Å². The molecule has 1 aromatic heterocycles.